The number of benzene rings is 1. The van der Waals surface area contributed by atoms with Gasteiger partial charge in [0.1, 0.15) is 18.4 Å². The SMILES string of the molecule is COCCOCCOc1cccc2[nH]c(C(=O)C[C@@H](CC3CC3)C(=O)N[C@H](C#N)C[C@@H]3CC(C)(C)NC3=O)cc12. The second-order valence-electron chi connectivity index (χ2n) is 11.6. The van der Waals surface area contributed by atoms with Crippen molar-refractivity contribution >= 4 is 28.5 Å². The number of aromatic nitrogens is 1. The number of hydrogen-bond donors (Lipinski definition) is 3. The van der Waals surface area contributed by atoms with E-state index in [2.05, 4.69) is 21.7 Å². The van der Waals surface area contributed by atoms with Gasteiger partial charge in [0, 0.05) is 41.8 Å². The van der Waals surface area contributed by atoms with E-state index in [1.54, 1.807) is 13.2 Å². The number of carbonyl (C=O) groups excluding carboxylic acids is 3. The van der Waals surface area contributed by atoms with Crippen molar-refractivity contribution in [2.24, 2.45) is 17.8 Å². The molecule has 3 N–H and O–H groups in total. The zero-order chi connectivity index (χ0) is 28.7. The average Bonchev–Trinajstić information content (AvgIpc) is 3.55. The first kappa shape index (κ1) is 29.6. The van der Waals surface area contributed by atoms with Crippen molar-refractivity contribution in [3.05, 3.63) is 30.0 Å². The van der Waals surface area contributed by atoms with Crippen molar-refractivity contribution in [3.8, 4) is 11.8 Å². The fourth-order valence-electron chi connectivity index (χ4n) is 5.33. The minimum atomic E-state index is -0.791. The number of hydrogen-bond acceptors (Lipinski definition) is 7. The van der Waals surface area contributed by atoms with Gasteiger partial charge in [0.15, 0.2) is 5.78 Å². The zero-order valence-corrected chi connectivity index (χ0v) is 23.6. The predicted molar refractivity (Wildman–Crippen MR) is 149 cm³/mol. The maximum absolute atomic E-state index is 13.3. The molecule has 10 heteroatoms. The van der Waals surface area contributed by atoms with Crippen molar-refractivity contribution < 1.29 is 28.6 Å². The molecular weight excluding hydrogens is 512 g/mol. The summed E-state index contributed by atoms with van der Waals surface area (Å²) >= 11 is 0. The lowest BCUT2D eigenvalue weighted by molar-refractivity contribution is -0.127. The van der Waals surface area contributed by atoms with Crippen LogP contribution in [0.5, 0.6) is 5.75 Å². The van der Waals surface area contributed by atoms with Crippen LogP contribution in [-0.4, -0.2) is 67.7 Å². The van der Waals surface area contributed by atoms with Gasteiger partial charge in [-0.2, -0.15) is 5.26 Å². The molecule has 2 fully saturated rings. The van der Waals surface area contributed by atoms with Gasteiger partial charge < -0.3 is 29.8 Å². The predicted octanol–water partition coefficient (Wildman–Crippen LogP) is 3.51. The summed E-state index contributed by atoms with van der Waals surface area (Å²) in [6.45, 7) is 5.68. The third kappa shape index (κ3) is 8.05. The van der Waals surface area contributed by atoms with E-state index in [1.165, 1.54) is 0 Å². The van der Waals surface area contributed by atoms with E-state index >= 15 is 0 Å². The highest BCUT2D eigenvalue weighted by atomic mass is 16.5. The van der Waals surface area contributed by atoms with Gasteiger partial charge in [0.25, 0.3) is 0 Å². The minimum Gasteiger partial charge on any atom is -0.490 e. The fourth-order valence-corrected chi connectivity index (χ4v) is 5.33. The van der Waals surface area contributed by atoms with Crippen LogP contribution in [0.25, 0.3) is 10.9 Å². The molecule has 1 aromatic carbocycles. The second-order valence-corrected chi connectivity index (χ2v) is 11.6. The Morgan fingerprint density at radius 3 is 2.62 bits per heavy atom. The Hall–Kier alpha value is -3.42. The van der Waals surface area contributed by atoms with Gasteiger partial charge in [0.05, 0.1) is 31.6 Å². The van der Waals surface area contributed by atoms with E-state index in [0.29, 0.717) is 56.6 Å². The number of H-pyrrole nitrogens is 1. The summed E-state index contributed by atoms with van der Waals surface area (Å²) < 4.78 is 16.3. The first-order chi connectivity index (χ1) is 19.2. The van der Waals surface area contributed by atoms with Crippen LogP contribution >= 0.6 is 0 Å². The number of methoxy groups -OCH3 is 1. The van der Waals surface area contributed by atoms with Crippen LogP contribution in [0.4, 0.5) is 0 Å². The Morgan fingerprint density at radius 2 is 1.95 bits per heavy atom. The van der Waals surface area contributed by atoms with Crippen molar-refractivity contribution in [1.29, 1.82) is 5.26 Å². The van der Waals surface area contributed by atoms with Gasteiger partial charge in [-0.3, -0.25) is 14.4 Å². The highest BCUT2D eigenvalue weighted by Crippen LogP contribution is 2.37. The molecule has 40 heavy (non-hydrogen) atoms. The quantitative estimate of drug-likeness (QED) is 0.214. The summed E-state index contributed by atoms with van der Waals surface area (Å²) in [7, 11) is 1.62. The Balaban J connectivity index is 1.38. The third-order valence-corrected chi connectivity index (χ3v) is 7.54. The summed E-state index contributed by atoms with van der Waals surface area (Å²) in [6, 6.07) is 8.69. The van der Waals surface area contributed by atoms with Gasteiger partial charge in [-0.15, -0.1) is 0 Å². The smallest absolute Gasteiger partial charge is 0.224 e. The number of rotatable bonds is 16. The van der Waals surface area contributed by atoms with Crippen molar-refractivity contribution in [2.45, 2.75) is 64.0 Å². The van der Waals surface area contributed by atoms with E-state index in [-0.39, 0.29) is 41.9 Å². The molecule has 0 unspecified atom stereocenters. The summed E-state index contributed by atoms with van der Waals surface area (Å²) in [6.07, 6.45) is 3.58. The van der Waals surface area contributed by atoms with E-state index < -0.39 is 12.0 Å². The van der Waals surface area contributed by atoms with E-state index in [1.807, 2.05) is 32.0 Å². The summed E-state index contributed by atoms with van der Waals surface area (Å²) in [4.78, 5) is 42.1. The van der Waals surface area contributed by atoms with E-state index in [4.69, 9.17) is 14.2 Å². The molecule has 2 aliphatic rings. The summed E-state index contributed by atoms with van der Waals surface area (Å²) in [5.74, 6) is -0.385. The molecule has 216 valence electrons. The molecule has 4 rings (SSSR count). The Labute approximate surface area is 235 Å². The van der Waals surface area contributed by atoms with Crippen molar-refractivity contribution in [2.75, 3.05) is 33.5 Å². The number of fused-ring (bicyclic) bond motifs is 1. The van der Waals surface area contributed by atoms with E-state index in [0.717, 1.165) is 23.7 Å². The molecule has 2 aromatic rings. The minimum absolute atomic E-state index is 0.0355. The normalized spacial score (nSPS) is 19.6. The molecule has 1 saturated carbocycles. The lowest BCUT2D eigenvalue weighted by Crippen LogP contribution is -2.40. The summed E-state index contributed by atoms with van der Waals surface area (Å²) in [5, 5.41) is 16.3. The number of ether oxygens (including phenoxy) is 3. The molecule has 2 heterocycles. The van der Waals surface area contributed by atoms with E-state index in [9.17, 15) is 19.6 Å². The maximum Gasteiger partial charge on any atom is 0.224 e. The van der Waals surface area contributed by atoms with Crippen molar-refractivity contribution in [3.63, 3.8) is 0 Å². The maximum atomic E-state index is 13.3. The van der Waals surface area contributed by atoms with Gasteiger partial charge in [-0.1, -0.05) is 18.9 Å². The lowest BCUT2D eigenvalue weighted by Gasteiger charge is -2.20. The highest BCUT2D eigenvalue weighted by molar-refractivity contribution is 6.02. The average molecular weight is 553 g/mol. The van der Waals surface area contributed by atoms with Crippen LogP contribution in [0.15, 0.2) is 24.3 Å². The van der Waals surface area contributed by atoms with Crippen LogP contribution < -0.4 is 15.4 Å². The monoisotopic (exact) mass is 552 g/mol. The van der Waals surface area contributed by atoms with Gasteiger partial charge in [0.2, 0.25) is 11.8 Å². The van der Waals surface area contributed by atoms with Crippen LogP contribution in [0.1, 0.15) is 62.9 Å². The topological polar surface area (TPSA) is 143 Å². The second kappa shape index (κ2) is 13.3. The molecule has 1 aliphatic carbocycles. The Morgan fingerprint density at radius 1 is 1.18 bits per heavy atom. The first-order valence-corrected chi connectivity index (χ1v) is 14.1. The van der Waals surface area contributed by atoms with Gasteiger partial charge in [-0.05, 0) is 57.2 Å². The van der Waals surface area contributed by atoms with Crippen LogP contribution in [-0.2, 0) is 19.1 Å². The van der Waals surface area contributed by atoms with Gasteiger partial charge in [-0.25, -0.2) is 0 Å². The number of nitrogens with zero attached hydrogens (tertiary/aromatic N) is 1. The molecule has 10 nitrogen and oxygen atoms in total. The highest BCUT2D eigenvalue weighted by Gasteiger charge is 2.39. The fraction of sp³-hybridized carbons (Fsp3) is 0.600. The number of ketones is 1. The molecule has 0 radical (unpaired) electrons. The first-order valence-electron chi connectivity index (χ1n) is 14.1. The molecule has 3 atom stereocenters. The molecule has 0 bridgehead atoms. The van der Waals surface area contributed by atoms with Crippen LogP contribution in [0, 0.1) is 29.1 Å². The van der Waals surface area contributed by atoms with Crippen LogP contribution in [0.2, 0.25) is 0 Å². The third-order valence-electron chi connectivity index (χ3n) is 7.54. The lowest BCUT2D eigenvalue weighted by atomic mass is 9.90. The number of nitrogens with one attached hydrogen (secondary N) is 3. The Bertz CT molecular complexity index is 1240. The van der Waals surface area contributed by atoms with Crippen molar-refractivity contribution in [1.82, 2.24) is 15.6 Å². The number of nitriles is 1. The Kier molecular flexibility index (Phi) is 9.82. The number of Topliss-reactive ketones (excluding diaryl/α,β-unsaturated/α-hetero) is 1. The molecule has 1 aromatic heterocycles. The molecule has 2 amide bonds. The number of carbonyl (C=O) groups is 3. The number of amides is 2. The summed E-state index contributed by atoms with van der Waals surface area (Å²) in [5.41, 5.74) is 0.860. The largest absolute Gasteiger partial charge is 0.490 e. The van der Waals surface area contributed by atoms with Gasteiger partial charge >= 0.3 is 0 Å². The number of aromatic amines is 1. The standard InChI is InChI=1S/C30H40N4O6/c1-30(2)17-21(29(37)34-30)14-22(18-31)32-28(36)20(13-19-7-8-19)15-26(35)25-16-23-24(33-25)5-4-6-27(23)40-12-11-39-10-9-38-3/h4-6,16,19-22,33H,7-15,17H2,1-3H3,(H,32,36)(H,34,37)/t20-,21-,22+/m1/s1. The molecule has 1 saturated heterocycles. The van der Waals surface area contributed by atoms with Crippen LogP contribution in [0.3, 0.4) is 0 Å². The zero-order valence-electron chi connectivity index (χ0n) is 23.6. The molecular formula is C30H40N4O6. The molecule has 0 spiro atoms. The molecule has 1 aliphatic heterocycles.